The van der Waals surface area contributed by atoms with Crippen LogP contribution in [0.25, 0.3) is 10.9 Å². The van der Waals surface area contributed by atoms with Crippen LogP contribution in [-0.4, -0.2) is 28.0 Å². The number of carbonyl (C=O) groups excluding carboxylic acids is 1. The summed E-state index contributed by atoms with van der Waals surface area (Å²) in [5, 5.41) is 8.05. The molecule has 1 fully saturated rings. The van der Waals surface area contributed by atoms with Crippen molar-refractivity contribution in [3.8, 4) is 0 Å². The maximum absolute atomic E-state index is 11.3. The van der Waals surface area contributed by atoms with Crippen molar-refractivity contribution in [2.24, 2.45) is 0 Å². The van der Waals surface area contributed by atoms with Crippen LogP contribution in [0.5, 0.6) is 0 Å². The van der Waals surface area contributed by atoms with E-state index < -0.39 is 0 Å². The number of fused-ring (bicyclic) bond motifs is 1. The number of thioether (sulfide) groups is 1. The number of nitrogens with one attached hydrogen (secondary N) is 1. The first kappa shape index (κ1) is 10.7. The second-order valence-corrected chi connectivity index (χ2v) is 5.24. The minimum Gasteiger partial charge on any atom is -0.465 e. The first-order valence-corrected chi connectivity index (χ1v) is 6.58. The van der Waals surface area contributed by atoms with Crippen LogP contribution in [0.4, 0.5) is 0 Å². The Kier molecular flexibility index (Phi) is 2.76. The van der Waals surface area contributed by atoms with Crippen LogP contribution >= 0.6 is 11.8 Å². The predicted molar refractivity (Wildman–Crippen MR) is 66.8 cm³/mol. The van der Waals surface area contributed by atoms with Crippen molar-refractivity contribution < 1.29 is 9.53 Å². The van der Waals surface area contributed by atoms with Crippen LogP contribution in [-0.2, 0) is 15.3 Å². The Hall–Kier alpha value is -1.49. The third-order valence-electron chi connectivity index (χ3n) is 2.84. The minimum atomic E-state index is -0.0716. The Morgan fingerprint density at radius 3 is 3.29 bits per heavy atom. The predicted octanol–water partition coefficient (Wildman–Crippen LogP) is 2.11. The van der Waals surface area contributed by atoms with Gasteiger partial charge in [-0.2, -0.15) is 5.10 Å². The van der Waals surface area contributed by atoms with Crippen LogP contribution in [0, 0.1) is 0 Å². The molecule has 17 heavy (non-hydrogen) atoms. The molecule has 5 heteroatoms. The second kappa shape index (κ2) is 4.41. The molecule has 2 heterocycles. The Balaban J connectivity index is 1.69. The van der Waals surface area contributed by atoms with Gasteiger partial charge in [0.05, 0.1) is 18.3 Å². The zero-order valence-electron chi connectivity index (χ0n) is 9.18. The van der Waals surface area contributed by atoms with Gasteiger partial charge in [0.1, 0.15) is 5.25 Å². The van der Waals surface area contributed by atoms with Gasteiger partial charge in [-0.15, -0.1) is 11.8 Å². The van der Waals surface area contributed by atoms with Crippen molar-refractivity contribution in [2.45, 2.75) is 17.4 Å². The number of aromatic nitrogens is 2. The van der Waals surface area contributed by atoms with E-state index in [-0.39, 0.29) is 11.2 Å². The van der Waals surface area contributed by atoms with Crippen molar-refractivity contribution in [3.63, 3.8) is 0 Å². The third kappa shape index (κ3) is 2.15. The lowest BCUT2D eigenvalue weighted by Crippen LogP contribution is -2.09. The Morgan fingerprint density at radius 1 is 1.53 bits per heavy atom. The van der Waals surface area contributed by atoms with Gasteiger partial charge in [0.25, 0.3) is 0 Å². The summed E-state index contributed by atoms with van der Waals surface area (Å²) in [4.78, 5) is 11.3. The maximum atomic E-state index is 11.3. The topological polar surface area (TPSA) is 55.0 Å². The van der Waals surface area contributed by atoms with Gasteiger partial charge in [0.2, 0.25) is 0 Å². The molecule has 1 aliphatic heterocycles. The molecule has 2 aromatic rings. The fourth-order valence-electron chi connectivity index (χ4n) is 1.90. The van der Waals surface area contributed by atoms with Gasteiger partial charge in [-0.3, -0.25) is 9.89 Å². The summed E-state index contributed by atoms with van der Waals surface area (Å²) in [7, 11) is 0. The molecule has 1 aromatic carbocycles. The summed E-state index contributed by atoms with van der Waals surface area (Å²) in [6, 6.07) is 6.20. The summed E-state index contributed by atoms with van der Waals surface area (Å²) in [5.74, 6) is 0.756. The number of esters is 1. The van der Waals surface area contributed by atoms with E-state index in [1.54, 1.807) is 18.0 Å². The summed E-state index contributed by atoms with van der Waals surface area (Å²) in [5.41, 5.74) is 2.24. The average molecular weight is 248 g/mol. The molecule has 4 nitrogen and oxygen atoms in total. The zero-order chi connectivity index (χ0) is 11.7. The highest BCUT2D eigenvalue weighted by atomic mass is 32.2. The lowest BCUT2D eigenvalue weighted by Gasteiger charge is -2.05. The molecule has 88 valence electrons. The smallest absolute Gasteiger partial charge is 0.319 e. The van der Waals surface area contributed by atoms with Gasteiger partial charge in [0.15, 0.2) is 0 Å². The monoisotopic (exact) mass is 248 g/mol. The van der Waals surface area contributed by atoms with Crippen LogP contribution in [0.2, 0.25) is 0 Å². The molecule has 0 amide bonds. The number of nitrogens with zero attached hydrogens (tertiary/aromatic N) is 1. The van der Waals surface area contributed by atoms with Gasteiger partial charge < -0.3 is 4.74 Å². The van der Waals surface area contributed by atoms with Crippen LogP contribution < -0.4 is 0 Å². The standard InChI is InChI=1S/C12H12N2O2S/c15-12-11(3-4-16-12)17-7-8-1-2-9-6-13-14-10(9)5-8/h1-2,5-6,11H,3-4,7H2,(H,13,14). The van der Waals surface area contributed by atoms with E-state index in [1.165, 1.54) is 5.56 Å². The zero-order valence-corrected chi connectivity index (χ0v) is 10.00. The van der Waals surface area contributed by atoms with Gasteiger partial charge in [0, 0.05) is 17.6 Å². The molecule has 3 rings (SSSR count). The van der Waals surface area contributed by atoms with Gasteiger partial charge >= 0.3 is 5.97 Å². The third-order valence-corrected chi connectivity index (χ3v) is 4.18. The van der Waals surface area contributed by atoms with Crippen molar-refractivity contribution in [3.05, 3.63) is 30.0 Å². The molecule has 0 bridgehead atoms. The lowest BCUT2D eigenvalue weighted by atomic mass is 10.2. The first-order valence-electron chi connectivity index (χ1n) is 5.53. The molecule has 0 aliphatic carbocycles. The molecule has 1 aromatic heterocycles. The van der Waals surface area contributed by atoms with Crippen molar-refractivity contribution in [1.29, 1.82) is 0 Å². The summed E-state index contributed by atoms with van der Waals surface area (Å²) in [6.07, 6.45) is 2.64. The second-order valence-electron chi connectivity index (χ2n) is 4.05. The highest BCUT2D eigenvalue weighted by Crippen LogP contribution is 2.26. The molecule has 1 unspecified atom stereocenters. The molecule has 1 atom stereocenters. The Morgan fingerprint density at radius 2 is 2.47 bits per heavy atom. The average Bonchev–Trinajstić information content (AvgIpc) is 2.94. The lowest BCUT2D eigenvalue weighted by molar-refractivity contribution is -0.137. The number of hydrogen-bond donors (Lipinski definition) is 1. The largest absolute Gasteiger partial charge is 0.465 e. The van der Waals surface area contributed by atoms with Gasteiger partial charge in [-0.25, -0.2) is 0 Å². The number of ether oxygens (including phenoxy) is 1. The molecule has 1 aliphatic rings. The minimum absolute atomic E-state index is 0.00691. The molecule has 0 spiro atoms. The number of H-pyrrole nitrogens is 1. The molecule has 0 radical (unpaired) electrons. The molecule has 1 saturated heterocycles. The van der Waals surface area contributed by atoms with E-state index in [2.05, 4.69) is 22.3 Å². The van der Waals surface area contributed by atoms with Crippen molar-refractivity contribution >= 4 is 28.6 Å². The van der Waals surface area contributed by atoms with Crippen LogP contribution in [0.1, 0.15) is 12.0 Å². The number of benzene rings is 1. The SMILES string of the molecule is O=C1OCCC1SCc1ccc2cn[nH]c2c1. The molecule has 0 saturated carbocycles. The number of carbonyl (C=O) groups is 1. The van der Waals surface area contributed by atoms with E-state index >= 15 is 0 Å². The van der Waals surface area contributed by atoms with Crippen molar-refractivity contribution in [1.82, 2.24) is 10.2 Å². The fraction of sp³-hybridized carbons (Fsp3) is 0.333. The van der Waals surface area contributed by atoms with Crippen LogP contribution in [0.3, 0.4) is 0 Å². The summed E-state index contributed by atoms with van der Waals surface area (Å²) in [6.45, 7) is 0.566. The molecular weight excluding hydrogens is 236 g/mol. The van der Waals surface area contributed by atoms with E-state index in [0.717, 1.165) is 23.1 Å². The normalized spacial score (nSPS) is 19.8. The quantitative estimate of drug-likeness (QED) is 0.845. The Bertz CT molecular complexity index is 552. The number of cyclic esters (lactones) is 1. The highest BCUT2D eigenvalue weighted by Gasteiger charge is 2.26. The molecule has 1 N–H and O–H groups in total. The number of hydrogen-bond acceptors (Lipinski definition) is 4. The highest BCUT2D eigenvalue weighted by molar-refractivity contribution is 7.99. The van der Waals surface area contributed by atoms with Gasteiger partial charge in [-0.1, -0.05) is 12.1 Å². The molecular formula is C12H12N2O2S. The van der Waals surface area contributed by atoms with Crippen LogP contribution in [0.15, 0.2) is 24.4 Å². The van der Waals surface area contributed by atoms with E-state index in [4.69, 9.17) is 4.74 Å². The summed E-state index contributed by atoms with van der Waals surface area (Å²) < 4.78 is 4.94. The summed E-state index contributed by atoms with van der Waals surface area (Å²) >= 11 is 1.65. The Labute approximate surface area is 103 Å². The van der Waals surface area contributed by atoms with E-state index in [0.29, 0.717) is 6.61 Å². The fourth-order valence-corrected chi connectivity index (χ4v) is 2.94. The first-order chi connectivity index (χ1) is 8.33. The number of aromatic amines is 1. The van der Waals surface area contributed by atoms with Crippen molar-refractivity contribution in [2.75, 3.05) is 6.61 Å². The van der Waals surface area contributed by atoms with E-state index in [9.17, 15) is 4.79 Å². The van der Waals surface area contributed by atoms with E-state index in [1.807, 2.05) is 6.07 Å². The van der Waals surface area contributed by atoms with Gasteiger partial charge in [-0.05, 0) is 11.6 Å². The maximum Gasteiger partial charge on any atom is 0.319 e. The number of rotatable bonds is 3.